The molecule has 3 heterocycles. The van der Waals surface area contributed by atoms with Crippen LogP contribution in [-0.2, 0) is 11.2 Å². The van der Waals surface area contributed by atoms with Crippen molar-refractivity contribution in [1.82, 2.24) is 15.2 Å². The number of carbonyl (C=O) groups excluding carboxylic acids is 1. The Morgan fingerprint density at radius 1 is 1.19 bits per heavy atom. The van der Waals surface area contributed by atoms with E-state index in [1.54, 1.807) is 20.5 Å². The smallest absolute Gasteiger partial charge is 0.226 e. The third kappa shape index (κ3) is 5.31. The van der Waals surface area contributed by atoms with Crippen LogP contribution in [0, 0.1) is 0 Å². The maximum absolute atomic E-state index is 12.7. The Morgan fingerprint density at radius 2 is 2.00 bits per heavy atom. The zero-order valence-corrected chi connectivity index (χ0v) is 19.3. The fourth-order valence-corrected chi connectivity index (χ4v) is 4.86. The lowest BCUT2D eigenvalue weighted by Crippen LogP contribution is -2.40. The minimum atomic E-state index is -0.0391. The Kier molecular flexibility index (Phi) is 7.44. The molecule has 1 unspecified atom stereocenters. The number of ether oxygens (including phenoxy) is 2. The van der Waals surface area contributed by atoms with Crippen LogP contribution in [0.25, 0.3) is 10.6 Å². The Labute approximate surface area is 192 Å². The number of nitrogens with one attached hydrogen (secondary N) is 1. The number of rotatable bonds is 9. The molecule has 0 saturated carbocycles. The highest BCUT2D eigenvalue weighted by Crippen LogP contribution is 2.33. The van der Waals surface area contributed by atoms with E-state index in [0.29, 0.717) is 18.0 Å². The highest BCUT2D eigenvalue weighted by atomic mass is 32.1. The first kappa shape index (κ1) is 22.4. The third-order valence-corrected chi connectivity index (χ3v) is 6.66. The summed E-state index contributed by atoms with van der Waals surface area (Å²) in [5, 5.41) is 5.86. The standard InChI is InChI=1S/C24H29N3O4S/c1-29-21-9-8-17(13-22(21)30-2)24-26-18(16-32-24)14-23(28)25-15-19(20-7-6-12-31-20)27-10-4-3-5-11-27/h6-9,12-13,16,19H,3-5,10-11,14-15H2,1-2H3,(H,25,28). The van der Waals surface area contributed by atoms with Crippen molar-refractivity contribution in [2.75, 3.05) is 33.9 Å². The first-order valence-corrected chi connectivity index (χ1v) is 11.8. The molecule has 1 N–H and O–H groups in total. The van der Waals surface area contributed by atoms with Crippen LogP contribution in [0.1, 0.15) is 36.8 Å². The first-order chi connectivity index (χ1) is 15.7. The zero-order valence-electron chi connectivity index (χ0n) is 18.5. The van der Waals surface area contributed by atoms with Gasteiger partial charge in [-0.2, -0.15) is 0 Å². The van der Waals surface area contributed by atoms with Crippen molar-refractivity contribution >= 4 is 17.2 Å². The number of furan rings is 1. The van der Waals surface area contributed by atoms with Gasteiger partial charge in [0.05, 0.1) is 38.6 Å². The molecule has 1 aliphatic rings. The van der Waals surface area contributed by atoms with E-state index in [1.807, 2.05) is 35.7 Å². The van der Waals surface area contributed by atoms with Crippen molar-refractivity contribution in [3.8, 4) is 22.1 Å². The van der Waals surface area contributed by atoms with E-state index in [4.69, 9.17) is 13.9 Å². The molecule has 32 heavy (non-hydrogen) atoms. The van der Waals surface area contributed by atoms with Crippen LogP contribution in [-0.4, -0.2) is 49.6 Å². The van der Waals surface area contributed by atoms with Gasteiger partial charge >= 0.3 is 0 Å². The van der Waals surface area contributed by atoms with Crippen LogP contribution in [0.4, 0.5) is 0 Å². The number of hydrogen-bond acceptors (Lipinski definition) is 7. The Bertz CT molecular complexity index is 1010. The maximum Gasteiger partial charge on any atom is 0.226 e. The average molecular weight is 456 g/mol. The molecule has 1 aromatic carbocycles. The number of thiazole rings is 1. The largest absolute Gasteiger partial charge is 0.493 e. The normalized spacial score (nSPS) is 15.3. The summed E-state index contributed by atoms with van der Waals surface area (Å²) in [7, 11) is 3.22. The molecule has 2 aromatic heterocycles. The highest BCUT2D eigenvalue weighted by Gasteiger charge is 2.25. The molecule has 0 spiro atoms. The van der Waals surface area contributed by atoms with Crippen molar-refractivity contribution in [3.05, 3.63) is 53.4 Å². The van der Waals surface area contributed by atoms with E-state index in [-0.39, 0.29) is 18.4 Å². The summed E-state index contributed by atoms with van der Waals surface area (Å²) in [5.74, 6) is 2.19. The van der Waals surface area contributed by atoms with Crippen molar-refractivity contribution in [1.29, 1.82) is 0 Å². The molecule has 1 atom stereocenters. The maximum atomic E-state index is 12.7. The molecule has 3 aromatic rings. The summed E-state index contributed by atoms with van der Waals surface area (Å²) < 4.78 is 16.3. The van der Waals surface area contributed by atoms with Gasteiger partial charge in [-0.15, -0.1) is 11.3 Å². The fraction of sp³-hybridized carbons (Fsp3) is 0.417. The van der Waals surface area contributed by atoms with Crippen LogP contribution in [0.2, 0.25) is 0 Å². The predicted molar refractivity (Wildman–Crippen MR) is 124 cm³/mol. The van der Waals surface area contributed by atoms with Gasteiger partial charge in [0, 0.05) is 17.5 Å². The van der Waals surface area contributed by atoms with Gasteiger partial charge in [0.15, 0.2) is 11.5 Å². The van der Waals surface area contributed by atoms with Crippen molar-refractivity contribution in [3.63, 3.8) is 0 Å². The van der Waals surface area contributed by atoms with E-state index >= 15 is 0 Å². The van der Waals surface area contributed by atoms with E-state index in [0.717, 1.165) is 35.1 Å². The Hall–Kier alpha value is -2.84. The highest BCUT2D eigenvalue weighted by molar-refractivity contribution is 7.13. The third-order valence-electron chi connectivity index (χ3n) is 5.72. The number of piperidine rings is 1. The van der Waals surface area contributed by atoms with Gasteiger partial charge in [-0.1, -0.05) is 6.42 Å². The van der Waals surface area contributed by atoms with Crippen LogP contribution in [0.15, 0.2) is 46.4 Å². The minimum Gasteiger partial charge on any atom is -0.493 e. The van der Waals surface area contributed by atoms with Crippen molar-refractivity contribution < 1.29 is 18.7 Å². The second kappa shape index (κ2) is 10.7. The molecular formula is C24H29N3O4S. The van der Waals surface area contributed by atoms with Crippen LogP contribution >= 0.6 is 11.3 Å². The molecule has 8 heteroatoms. The predicted octanol–water partition coefficient (Wildman–Crippen LogP) is 4.31. The molecule has 4 rings (SSSR count). The summed E-state index contributed by atoms with van der Waals surface area (Å²) in [6, 6.07) is 9.65. The summed E-state index contributed by atoms with van der Waals surface area (Å²) in [5.41, 5.74) is 1.69. The molecule has 1 saturated heterocycles. The van der Waals surface area contributed by atoms with Gasteiger partial charge in [-0.05, 0) is 56.3 Å². The number of likely N-dealkylation sites (tertiary alicyclic amines) is 1. The van der Waals surface area contributed by atoms with Gasteiger partial charge in [-0.25, -0.2) is 4.98 Å². The van der Waals surface area contributed by atoms with Crippen molar-refractivity contribution in [2.24, 2.45) is 0 Å². The number of hydrogen-bond donors (Lipinski definition) is 1. The van der Waals surface area contributed by atoms with Gasteiger partial charge < -0.3 is 19.2 Å². The summed E-state index contributed by atoms with van der Waals surface area (Å²) in [6.07, 6.45) is 5.57. The first-order valence-electron chi connectivity index (χ1n) is 10.9. The lowest BCUT2D eigenvalue weighted by molar-refractivity contribution is -0.120. The molecule has 170 valence electrons. The molecule has 0 bridgehead atoms. The average Bonchev–Trinajstić information content (AvgIpc) is 3.52. The lowest BCUT2D eigenvalue weighted by atomic mass is 10.1. The van der Waals surface area contributed by atoms with Crippen LogP contribution < -0.4 is 14.8 Å². The SMILES string of the molecule is COc1ccc(-c2nc(CC(=O)NCC(c3ccco3)N3CCCCC3)cs2)cc1OC. The monoisotopic (exact) mass is 455 g/mol. The lowest BCUT2D eigenvalue weighted by Gasteiger charge is -2.33. The molecule has 1 amide bonds. The van der Waals surface area contributed by atoms with Crippen LogP contribution in [0.5, 0.6) is 11.5 Å². The van der Waals surface area contributed by atoms with Gasteiger partial charge in [0.2, 0.25) is 5.91 Å². The van der Waals surface area contributed by atoms with Crippen molar-refractivity contribution in [2.45, 2.75) is 31.7 Å². The molecular weight excluding hydrogens is 426 g/mol. The van der Waals surface area contributed by atoms with E-state index in [2.05, 4.69) is 15.2 Å². The zero-order chi connectivity index (χ0) is 22.3. The van der Waals surface area contributed by atoms with Crippen LogP contribution in [0.3, 0.4) is 0 Å². The number of nitrogens with zero attached hydrogens (tertiary/aromatic N) is 2. The second-order valence-corrected chi connectivity index (χ2v) is 8.68. The topological polar surface area (TPSA) is 76.8 Å². The quantitative estimate of drug-likeness (QED) is 0.518. The number of carbonyl (C=O) groups is 1. The number of benzene rings is 1. The summed E-state index contributed by atoms with van der Waals surface area (Å²) in [6.45, 7) is 2.59. The molecule has 0 radical (unpaired) electrons. The molecule has 0 aliphatic carbocycles. The summed E-state index contributed by atoms with van der Waals surface area (Å²) >= 11 is 1.51. The molecule has 1 aliphatic heterocycles. The van der Waals surface area contributed by atoms with E-state index < -0.39 is 0 Å². The minimum absolute atomic E-state index is 0.0391. The summed E-state index contributed by atoms with van der Waals surface area (Å²) in [4.78, 5) is 19.7. The molecule has 1 fully saturated rings. The number of aromatic nitrogens is 1. The second-order valence-electron chi connectivity index (χ2n) is 7.82. The van der Waals surface area contributed by atoms with E-state index in [1.165, 1.54) is 30.6 Å². The number of amides is 1. The Morgan fingerprint density at radius 3 is 2.72 bits per heavy atom. The Balaban J connectivity index is 1.37. The fourth-order valence-electron chi connectivity index (χ4n) is 4.05. The number of methoxy groups -OCH3 is 2. The van der Waals surface area contributed by atoms with Gasteiger partial charge in [-0.3, -0.25) is 9.69 Å². The molecule has 7 nitrogen and oxygen atoms in total. The van der Waals surface area contributed by atoms with Gasteiger partial charge in [0.25, 0.3) is 0 Å². The van der Waals surface area contributed by atoms with E-state index in [9.17, 15) is 4.79 Å². The van der Waals surface area contributed by atoms with Gasteiger partial charge in [0.1, 0.15) is 10.8 Å².